The lowest BCUT2D eigenvalue weighted by Crippen LogP contribution is -2.26. The molecule has 0 fully saturated rings. The highest BCUT2D eigenvalue weighted by Gasteiger charge is 2.13. The van der Waals surface area contributed by atoms with E-state index in [2.05, 4.69) is 15.4 Å². The van der Waals surface area contributed by atoms with Crippen LogP contribution in [0.4, 0.5) is 5.69 Å². The van der Waals surface area contributed by atoms with Gasteiger partial charge in [-0.05, 0) is 30.2 Å². The number of esters is 1. The van der Waals surface area contributed by atoms with Crippen molar-refractivity contribution in [3.63, 3.8) is 0 Å². The molecule has 19 heavy (non-hydrogen) atoms. The molecule has 1 aromatic carbocycles. The van der Waals surface area contributed by atoms with Crippen LogP contribution in [-0.2, 0) is 16.0 Å². The quantitative estimate of drug-likeness (QED) is 0.820. The summed E-state index contributed by atoms with van der Waals surface area (Å²) in [4.78, 5) is 22.7. The van der Waals surface area contributed by atoms with Crippen molar-refractivity contribution in [2.45, 2.75) is 12.8 Å². The first-order chi connectivity index (χ1) is 8.70. The third-order valence-corrected chi connectivity index (χ3v) is 2.92. The molecule has 0 bridgehead atoms. The molecule has 2 rings (SSSR count). The Kier molecular flexibility index (Phi) is 5.63. The largest absolute Gasteiger partial charge is 0.469 e. The molecule has 5 nitrogen and oxygen atoms in total. The molecular weight excluding hydrogens is 268 g/mol. The Bertz CT molecular complexity index is 477. The SMILES string of the molecule is COC(=O)CCNC(=O)c1ccc2c(c1)CCN2.Cl. The number of benzene rings is 1. The van der Waals surface area contributed by atoms with Crippen LogP contribution in [0, 0.1) is 0 Å². The van der Waals surface area contributed by atoms with Gasteiger partial charge >= 0.3 is 5.97 Å². The molecule has 1 heterocycles. The lowest BCUT2D eigenvalue weighted by atomic mass is 10.1. The van der Waals surface area contributed by atoms with Gasteiger partial charge in [-0.25, -0.2) is 0 Å². The van der Waals surface area contributed by atoms with E-state index in [1.807, 2.05) is 12.1 Å². The second-order valence-corrected chi connectivity index (χ2v) is 4.13. The van der Waals surface area contributed by atoms with E-state index in [1.54, 1.807) is 6.07 Å². The zero-order chi connectivity index (χ0) is 13.0. The standard InChI is InChI=1S/C13H16N2O3.ClH/c1-18-12(16)5-7-15-13(17)10-2-3-11-9(8-10)4-6-14-11;/h2-3,8,14H,4-7H2,1H3,(H,15,17);1H. The fourth-order valence-electron chi connectivity index (χ4n) is 1.93. The number of hydrogen-bond acceptors (Lipinski definition) is 4. The fraction of sp³-hybridized carbons (Fsp3) is 0.385. The van der Waals surface area contributed by atoms with Gasteiger partial charge in [0.15, 0.2) is 0 Å². The first kappa shape index (κ1) is 15.3. The van der Waals surface area contributed by atoms with E-state index in [4.69, 9.17) is 0 Å². The number of fused-ring (bicyclic) bond motifs is 1. The van der Waals surface area contributed by atoms with Crippen LogP contribution in [0.3, 0.4) is 0 Å². The third kappa shape index (κ3) is 3.86. The van der Waals surface area contributed by atoms with Gasteiger partial charge in [-0.1, -0.05) is 0 Å². The van der Waals surface area contributed by atoms with Gasteiger partial charge in [0, 0.05) is 24.3 Å². The highest BCUT2D eigenvalue weighted by atomic mass is 35.5. The average Bonchev–Trinajstić information content (AvgIpc) is 2.85. The van der Waals surface area contributed by atoms with Gasteiger partial charge in [-0.3, -0.25) is 9.59 Å². The van der Waals surface area contributed by atoms with Crippen LogP contribution in [0.1, 0.15) is 22.3 Å². The fourth-order valence-corrected chi connectivity index (χ4v) is 1.93. The number of hydrogen-bond donors (Lipinski definition) is 2. The van der Waals surface area contributed by atoms with Gasteiger partial charge in [0.25, 0.3) is 5.91 Å². The van der Waals surface area contributed by atoms with Gasteiger partial charge in [0.05, 0.1) is 13.5 Å². The predicted octanol–water partition coefficient (Wildman–Crippen LogP) is 1.37. The molecule has 6 heteroatoms. The first-order valence-electron chi connectivity index (χ1n) is 5.92. The minimum absolute atomic E-state index is 0. The van der Waals surface area contributed by atoms with Gasteiger partial charge in [0.1, 0.15) is 0 Å². The van der Waals surface area contributed by atoms with Gasteiger partial charge in [-0.2, -0.15) is 0 Å². The maximum atomic E-state index is 11.8. The average molecular weight is 285 g/mol. The molecule has 104 valence electrons. The molecule has 0 aliphatic carbocycles. The summed E-state index contributed by atoms with van der Waals surface area (Å²) in [5.74, 6) is -0.484. The Morgan fingerprint density at radius 1 is 1.42 bits per heavy atom. The normalized spacial score (nSPS) is 11.8. The number of rotatable bonds is 4. The maximum Gasteiger partial charge on any atom is 0.307 e. The topological polar surface area (TPSA) is 67.4 Å². The molecule has 1 aliphatic heterocycles. The summed E-state index contributed by atoms with van der Waals surface area (Å²) in [6, 6.07) is 5.59. The number of amides is 1. The Morgan fingerprint density at radius 3 is 2.95 bits per heavy atom. The number of carbonyl (C=O) groups is 2. The zero-order valence-corrected chi connectivity index (χ0v) is 11.5. The van der Waals surface area contributed by atoms with Crippen molar-refractivity contribution < 1.29 is 14.3 Å². The molecular formula is C13H17ClN2O3. The number of anilines is 1. The molecule has 0 radical (unpaired) electrons. The molecule has 0 aromatic heterocycles. The summed E-state index contributed by atoms with van der Waals surface area (Å²) in [6.07, 6.45) is 1.13. The molecule has 0 atom stereocenters. The minimum atomic E-state index is -0.326. The van der Waals surface area contributed by atoms with Crippen LogP contribution in [-0.4, -0.2) is 32.1 Å². The second kappa shape index (κ2) is 6.99. The monoisotopic (exact) mass is 284 g/mol. The lowest BCUT2D eigenvalue weighted by Gasteiger charge is -2.06. The van der Waals surface area contributed by atoms with Crippen molar-refractivity contribution >= 4 is 30.0 Å². The Morgan fingerprint density at radius 2 is 2.21 bits per heavy atom. The van der Waals surface area contributed by atoms with Crippen LogP contribution in [0.2, 0.25) is 0 Å². The third-order valence-electron chi connectivity index (χ3n) is 2.92. The van der Waals surface area contributed by atoms with E-state index in [0.29, 0.717) is 12.1 Å². The lowest BCUT2D eigenvalue weighted by molar-refractivity contribution is -0.140. The highest BCUT2D eigenvalue weighted by Crippen LogP contribution is 2.22. The smallest absolute Gasteiger partial charge is 0.307 e. The van der Waals surface area contributed by atoms with Crippen LogP contribution in [0.5, 0.6) is 0 Å². The zero-order valence-electron chi connectivity index (χ0n) is 10.7. The summed E-state index contributed by atoms with van der Waals surface area (Å²) in [5, 5.41) is 5.93. The van der Waals surface area contributed by atoms with E-state index >= 15 is 0 Å². The van der Waals surface area contributed by atoms with Crippen LogP contribution in [0.25, 0.3) is 0 Å². The van der Waals surface area contributed by atoms with E-state index in [-0.39, 0.29) is 30.7 Å². The van der Waals surface area contributed by atoms with Crippen molar-refractivity contribution in [1.82, 2.24) is 5.32 Å². The summed E-state index contributed by atoms with van der Waals surface area (Å²) in [5.41, 5.74) is 2.89. The summed E-state index contributed by atoms with van der Waals surface area (Å²) in [7, 11) is 1.33. The summed E-state index contributed by atoms with van der Waals surface area (Å²) >= 11 is 0. The molecule has 0 saturated heterocycles. The van der Waals surface area contributed by atoms with Crippen molar-refractivity contribution in [3.8, 4) is 0 Å². The highest BCUT2D eigenvalue weighted by molar-refractivity contribution is 5.95. The van der Waals surface area contributed by atoms with Crippen LogP contribution < -0.4 is 10.6 Å². The van der Waals surface area contributed by atoms with E-state index in [1.165, 1.54) is 7.11 Å². The van der Waals surface area contributed by atoms with Crippen molar-refractivity contribution in [3.05, 3.63) is 29.3 Å². The van der Waals surface area contributed by atoms with E-state index < -0.39 is 0 Å². The molecule has 1 amide bonds. The summed E-state index contributed by atoms with van der Waals surface area (Å²) < 4.78 is 4.50. The Hall–Kier alpha value is -1.75. The Balaban J connectivity index is 0.00000180. The number of methoxy groups -OCH3 is 1. The first-order valence-corrected chi connectivity index (χ1v) is 5.92. The molecule has 2 N–H and O–H groups in total. The van der Waals surface area contributed by atoms with Gasteiger partial charge in [0.2, 0.25) is 0 Å². The molecule has 1 aromatic rings. The van der Waals surface area contributed by atoms with Crippen molar-refractivity contribution in [2.75, 3.05) is 25.5 Å². The van der Waals surface area contributed by atoms with E-state index in [9.17, 15) is 9.59 Å². The number of ether oxygens (including phenoxy) is 1. The summed E-state index contributed by atoms with van der Waals surface area (Å²) in [6.45, 7) is 1.21. The molecule has 0 spiro atoms. The number of carbonyl (C=O) groups excluding carboxylic acids is 2. The second-order valence-electron chi connectivity index (χ2n) is 4.13. The minimum Gasteiger partial charge on any atom is -0.469 e. The van der Waals surface area contributed by atoms with Gasteiger partial charge in [-0.15, -0.1) is 12.4 Å². The number of halogens is 1. The molecule has 0 saturated carbocycles. The maximum absolute atomic E-state index is 11.8. The van der Waals surface area contributed by atoms with Crippen LogP contribution >= 0.6 is 12.4 Å². The van der Waals surface area contributed by atoms with Crippen molar-refractivity contribution in [1.29, 1.82) is 0 Å². The van der Waals surface area contributed by atoms with Gasteiger partial charge < -0.3 is 15.4 Å². The van der Waals surface area contributed by atoms with E-state index in [0.717, 1.165) is 24.2 Å². The van der Waals surface area contributed by atoms with Crippen LogP contribution in [0.15, 0.2) is 18.2 Å². The Labute approximate surface area is 118 Å². The molecule has 1 aliphatic rings. The van der Waals surface area contributed by atoms with Crippen molar-refractivity contribution in [2.24, 2.45) is 0 Å². The number of nitrogens with one attached hydrogen (secondary N) is 2. The predicted molar refractivity (Wildman–Crippen MR) is 74.8 cm³/mol. The molecule has 0 unspecified atom stereocenters.